The van der Waals surface area contributed by atoms with Crippen LogP contribution in [0.2, 0.25) is 0 Å². The second-order valence-electron chi connectivity index (χ2n) is 4.71. The van der Waals surface area contributed by atoms with Gasteiger partial charge in [0.25, 0.3) is 0 Å². The van der Waals surface area contributed by atoms with Crippen molar-refractivity contribution in [2.75, 3.05) is 0 Å². The molecule has 0 heterocycles. The first-order valence-electron chi connectivity index (χ1n) is 6.09. The van der Waals surface area contributed by atoms with E-state index in [-0.39, 0.29) is 0 Å². The molecule has 1 aromatic carbocycles. The predicted molar refractivity (Wildman–Crippen MR) is 66.5 cm³/mol. The Morgan fingerprint density at radius 2 is 1.62 bits per heavy atom. The maximum atomic E-state index is 6.14. The first-order valence-corrected chi connectivity index (χ1v) is 6.09. The normalized spacial score (nSPS) is 18.6. The molecule has 5 N–H and O–H groups in total. The lowest BCUT2D eigenvalue weighted by Gasteiger charge is -2.33. The monoisotopic (exact) mass is 219 g/mol. The highest BCUT2D eigenvalue weighted by Crippen LogP contribution is 2.20. The third kappa shape index (κ3) is 2.82. The quantitative estimate of drug-likeness (QED) is 0.677. The molecule has 0 aliphatic heterocycles. The van der Waals surface area contributed by atoms with Crippen LogP contribution in [0.1, 0.15) is 37.7 Å². The van der Waals surface area contributed by atoms with Crippen LogP contribution < -0.4 is 16.8 Å². The van der Waals surface area contributed by atoms with E-state index in [1.165, 1.54) is 32.1 Å². The van der Waals surface area contributed by atoms with E-state index in [2.05, 4.69) is 5.32 Å². The molecule has 16 heavy (non-hydrogen) atoms. The summed E-state index contributed by atoms with van der Waals surface area (Å²) in [7, 11) is 0. The average Bonchev–Trinajstić information content (AvgIpc) is 2.31. The van der Waals surface area contributed by atoms with Gasteiger partial charge in [-0.2, -0.15) is 0 Å². The summed E-state index contributed by atoms with van der Waals surface area (Å²) in [4.78, 5) is 0. The Bertz CT molecular complexity index is 315. The van der Waals surface area contributed by atoms with E-state index in [1.54, 1.807) is 0 Å². The van der Waals surface area contributed by atoms with Crippen molar-refractivity contribution in [1.29, 1.82) is 0 Å². The summed E-state index contributed by atoms with van der Waals surface area (Å²) in [6.07, 6.45) is 6.27. The van der Waals surface area contributed by atoms with Crippen LogP contribution in [0.3, 0.4) is 0 Å². The van der Waals surface area contributed by atoms with E-state index in [0.717, 1.165) is 5.56 Å². The largest absolute Gasteiger partial charge is 0.297 e. The molecule has 3 heteroatoms. The molecule has 0 bridgehead atoms. The molecule has 0 spiro atoms. The Morgan fingerprint density at radius 1 is 1.00 bits per heavy atom. The highest BCUT2D eigenvalue weighted by molar-refractivity contribution is 5.21. The number of nitrogens with two attached hydrogens (primary N) is 2. The zero-order valence-corrected chi connectivity index (χ0v) is 9.65. The fourth-order valence-electron chi connectivity index (χ4n) is 2.38. The molecule has 1 aliphatic rings. The van der Waals surface area contributed by atoms with Gasteiger partial charge in [0.1, 0.15) is 5.79 Å². The minimum Gasteiger partial charge on any atom is -0.297 e. The Balaban J connectivity index is 2.01. The average molecular weight is 219 g/mol. The molecule has 3 nitrogen and oxygen atoms in total. The Labute approximate surface area is 97.2 Å². The van der Waals surface area contributed by atoms with Crippen molar-refractivity contribution in [3.63, 3.8) is 0 Å². The molecule has 2 rings (SSSR count). The van der Waals surface area contributed by atoms with Gasteiger partial charge in [-0.05, 0) is 12.8 Å². The van der Waals surface area contributed by atoms with Crippen molar-refractivity contribution in [2.24, 2.45) is 11.5 Å². The van der Waals surface area contributed by atoms with Gasteiger partial charge in [-0.25, -0.2) is 0 Å². The van der Waals surface area contributed by atoms with Crippen LogP contribution in [0.5, 0.6) is 0 Å². The van der Waals surface area contributed by atoms with Gasteiger partial charge in [-0.1, -0.05) is 49.6 Å². The predicted octanol–water partition coefficient (Wildman–Crippen LogP) is 1.64. The molecule has 1 saturated carbocycles. The van der Waals surface area contributed by atoms with E-state index >= 15 is 0 Å². The number of nitrogens with one attached hydrogen (secondary N) is 1. The molecule has 0 aromatic heterocycles. The lowest BCUT2D eigenvalue weighted by atomic mass is 9.94. The Kier molecular flexibility index (Phi) is 3.59. The molecule has 0 atom stereocenters. The molecule has 0 amide bonds. The maximum Gasteiger partial charge on any atom is 0.145 e. The summed E-state index contributed by atoms with van der Waals surface area (Å²) in [5, 5.41) is 3.37. The van der Waals surface area contributed by atoms with Crippen LogP contribution in [-0.4, -0.2) is 6.04 Å². The fraction of sp³-hybridized carbons (Fsp3) is 0.538. The van der Waals surface area contributed by atoms with Gasteiger partial charge in [-0.3, -0.25) is 16.8 Å². The van der Waals surface area contributed by atoms with Crippen molar-refractivity contribution >= 4 is 0 Å². The third-order valence-corrected chi connectivity index (χ3v) is 3.30. The SMILES string of the molecule is NC(N)(NC1CCCCC1)c1ccccc1. The summed E-state index contributed by atoms with van der Waals surface area (Å²) in [5.41, 5.74) is 13.2. The summed E-state index contributed by atoms with van der Waals surface area (Å²) in [6.45, 7) is 0. The zero-order valence-electron chi connectivity index (χ0n) is 9.65. The van der Waals surface area contributed by atoms with Crippen molar-refractivity contribution in [2.45, 2.75) is 43.9 Å². The Morgan fingerprint density at radius 3 is 2.25 bits per heavy atom. The molecule has 0 saturated heterocycles. The highest BCUT2D eigenvalue weighted by Gasteiger charge is 2.25. The van der Waals surface area contributed by atoms with Crippen LogP contribution >= 0.6 is 0 Å². The van der Waals surface area contributed by atoms with Gasteiger partial charge in [0, 0.05) is 11.6 Å². The topological polar surface area (TPSA) is 64.1 Å². The summed E-state index contributed by atoms with van der Waals surface area (Å²) in [5.74, 6) is -0.900. The molecule has 88 valence electrons. The third-order valence-electron chi connectivity index (χ3n) is 3.30. The van der Waals surface area contributed by atoms with Crippen molar-refractivity contribution in [1.82, 2.24) is 5.32 Å². The minimum atomic E-state index is -0.900. The van der Waals surface area contributed by atoms with E-state index in [4.69, 9.17) is 11.5 Å². The van der Waals surface area contributed by atoms with E-state index in [9.17, 15) is 0 Å². The first-order chi connectivity index (χ1) is 7.68. The molecule has 0 radical (unpaired) electrons. The molecule has 0 unspecified atom stereocenters. The smallest absolute Gasteiger partial charge is 0.145 e. The standard InChI is InChI=1S/C13H21N3/c14-13(15,11-7-3-1-4-8-11)16-12-9-5-2-6-10-12/h1,3-4,7-8,12,16H,2,5-6,9-10,14-15H2. The van der Waals surface area contributed by atoms with Gasteiger partial charge in [0.2, 0.25) is 0 Å². The lowest BCUT2D eigenvalue weighted by molar-refractivity contribution is 0.260. The van der Waals surface area contributed by atoms with Gasteiger partial charge in [-0.15, -0.1) is 0 Å². The van der Waals surface area contributed by atoms with Gasteiger partial charge >= 0.3 is 0 Å². The van der Waals surface area contributed by atoms with Gasteiger partial charge in [0.15, 0.2) is 0 Å². The maximum absolute atomic E-state index is 6.14. The zero-order chi connectivity index (χ0) is 11.4. The molecular weight excluding hydrogens is 198 g/mol. The molecule has 1 aliphatic carbocycles. The lowest BCUT2D eigenvalue weighted by Crippen LogP contribution is -2.61. The van der Waals surface area contributed by atoms with E-state index in [0.29, 0.717) is 6.04 Å². The van der Waals surface area contributed by atoms with Crippen LogP contribution in [0.25, 0.3) is 0 Å². The molecule has 1 fully saturated rings. The van der Waals surface area contributed by atoms with Gasteiger partial charge < -0.3 is 0 Å². The molecule has 1 aromatic rings. The van der Waals surface area contributed by atoms with Crippen molar-refractivity contribution in [3.8, 4) is 0 Å². The number of hydrogen-bond acceptors (Lipinski definition) is 3. The number of rotatable bonds is 3. The van der Waals surface area contributed by atoms with Gasteiger partial charge in [0.05, 0.1) is 0 Å². The highest BCUT2D eigenvalue weighted by atomic mass is 15.2. The van der Waals surface area contributed by atoms with Crippen molar-refractivity contribution in [3.05, 3.63) is 35.9 Å². The van der Waals surface area contributed by atoms with Crippen LogP contribution in [0.15, 0.2) is 30.3 Å². The fourth-order valence-corrected chi connectivity index (χ4v) is 2.38. The van der Waals surface area contributed by atoms with Crippen LogP contribution in [0.4, 0.5) is 0 Å². The number of benzene rings is 1. The molecular formula is C13H21N3. The van der Waals surface area contributed by atoms with E-state index in [1.807, 2.05) is 30.3 Å². The van der Waals surface area contributed by atoms with Crippen molar-refractivity contribution < 1.29 is 0 Å². The first kappa shape index (κ1) is 11.6. The minimum absolute atomic E-state index is 0.462. The summed E-state index contributed by atoms with van der Waals surface area (Å²) in [6, 6.07) is 10.3. The Hall–Kier alpha value is -0.900. The number of hydrogen-bond donors (Lipinski definition) is 3. The second-order valence-corrected chi connectivity index (χ2v) is 4.71. The second kappa shape index (κ2) is 4.95. The summed E-state index contributed by atoms with van der Waals surface area (Å²) >= 11 is 0. The van der Waals surface area contributed by atoms with E-state index < -0.39 is 5.79 Å². The van der Waals surface area contributed by atoms with Crippen LogP contribution in [0, 0.1) is 0 Å². The van der Waals surface area contributed by atoms with Crippen LogP contribution in [-0.2, 0) is 5.79 Å². The summed E-state index contributed by atoms with van der Waals surface area (Å²) < 4.78 is 0.